The molecule has 2 aromatic rings. The fraction of sp³-hybridized carbons (Fsp3) is 0.0714. The molecule has 0 aliphatic heterocycles. The summed E-state index contributed by atoms with van der Waals surface area (Å²) in [7, 11) is 0. The van der Waals surface area contributed by atoms with Gasteiger partial charge in [0.2, 0.25) is 0 Å². The summed E-state index contributed by atoms with van der Waals surface area (Å²) in [5.74, 6) is -1.80. The predicted molar refractivity (Wildman–Crippen MR) is 69.0 cm³/mol. The molecule has 0 aromatic heterocycles. The standard InChI is InChI=1S/C14H11ClO3/c15-11-8-10(6-7-12(11)16)13(14(17)18)9-4-2-1-3-5-9/h1-8,13,16H,(H,17,18). The highest BCUT2D eigenvalue weighted by molar-refractivity contribution is 6.32. The molecule has 1 unspecified atom stereocenters. The zero-order chi connectivity index (χ0) is 13.1. The number of aromatic hydroxyl groups is 1. The maximum absolute atomic E-state index is 11.4. The average molecular weight is 263 g/mol. The Balaban J connectivity index is 2.49. The summed E-state index contributed by atoms with van der Waals surface area (Å²) in [6.07, 6.45) is 0. The molecule has 0 heterocycles. The summed E-state index contributed by atoms with van der Waals surface area (Å²) < 4.78 is 0. The molecule has 0 spiro atoms. The van der Waals surface area contributed by atoms with Gasteiger partial charge in [-0.15, -0.1) is 0 Å². The molecule has 2 aromatic carbocycles. The van der Waals surface area contributed by atoms with Crippen LogP contribution in [0.3, 0.4) is 0 Å². The number of carboxylic acids is 1. The Morgan fingerprint density at radius 3 is 2.28 bits per heavy atom. The highest BCUT2D eigenvalue weighted by Gasteiger charge is 2.22. The fourth-order valence-electron chi connectivity index (χ4n) is 1.83. The van der Waals surface area contributed by atoms with E-state index in [1.54, 1.807) is 30.3 Å². The average Bonchev–Trinajstić information content (AvgIpc) is 2.35. The van der Waals surface area contributed by atoms with Crippen LogP contribution in [0.15, 0.2) is 48.5 Å². The van der Waals surface area contributed by atoms with Gasteiger partial charge in [-0.2, -0.15) is 0 Å². The second-order valence-corrected chi connectivity index (χ2v) is 4.30. The van der Waals surface area contributed by atoms with Gasteiger partial charge in [-0.05, 0) is 23.3 Å². The molecule has 0 saturated carbocycles. The summed E-state index contributed by atoms with van der Waals surface area (Å²) in [5, 5.41) is 18.8. The lowest BCUT2D eigenvalue weighted by Crippen LogP contribution is -2.12. The zero-order valence-electron chi connectivity index (χ0n) is 9.38. The number of hydrogen-bond donors (Lipinski definition) is 2. The van der Waals surface area contributed by atoms with E-state index in [0.717, 1.165) is 0 Å². The third-order valence-corrected chi connectivity index (χ3v) is 2.99. The molecule has 2 rings (SSSR count). The van der Waals surface area contributed by atoms with Gasteiger partial charge in [-0.25, -0.2) is 0 Å². The van der Waals surface area contributed by atoms with Crippen molar-refractivity contribution in [2.45, 2.75) is 5.92 Å². The smallest absolute Gasteiger partial charge is 0.315 e. The number of rotatable bonds is 3. The molecule has 92 valence electrons. The topological polar surface area (TPSA) is 57.5 Å². The van der Waals surface area contributed by atoms with Crippen LogP contribution in [-0.4, -0.2) is 16.2 Å². The van der Waals surface area contributed by atoms with Crippen LogP contribution >= 0.6 is 11.6 Å². The Morgan fingerprint density at radius 1 is 1.06 bits per heavy atom. The molecule has 18 heavy (non-hydrogen) atoms. The van der Waals surface area contributed by atoms with Crippen molar-refractivity contribution >= 4 is 17.6 Å². The van der Waals surface area contributed by atoms with Gasteiger partial charge < -0.3 is 10.2 Å². The van der Waals surface area contributed by atoms with Crippen molar-refractivity contribution in [3.8, 4) is 5.75 Å². The van der Waals surface area contributed by atoms with Crippen molar-refractivity contribution in [1.82, 2.24) is 0 Å². The number of aliphatic carboxylic acids is 1. The Kier molecular flexibility index (Phi) is 3.53. The van der Waals surface area contributed by atoms with Gasteiger partial charge in [-0.3, -0.25) is 4.79 Å². The number of benzene rings is 2. The van der Waals surface area contributed by atoms with Gasteiger partial charge in [0.1, 0.15) is 11.7 Å². The van der Waals surface area contributed by atoms with E-state index < -0.39 is 11.9 Å². The van der Waals surface area contributed by atoms with Crippen molar-refractivity contribution in [2.75, 3.05) is 0 Å². The summed E-state index contributed by atoms with van der Waals surface area (Å²) in [4.78, 5) is 11.4. The van der Waals surface area contributed by atoms with Crippen LogP contribution in [0.4, 0.5) is 0 Å². The molecule has 0 fully saturated rings. The van der Waals surface area contributed by atoms with Crippen molar-refractivity contribution in [1.29, 1.82) is 0 Å². The Labute approximate surface area is 109 Å². The molecular weight excluding hydrogens is 252 g/mol. The van der Waals surface area contributed by atoms with Gasteiger partial charge in [0.25, 0.3) is 0 Å². The van der Waals surface area contributed by atoms with Gasteiger partial charge in [-0.1, -0.05) is 48.0 Å². The molecule has 0 aliphatic rings. The molecule has 0 amide bonds. The summed E-state index contributed by atoms with van der Waals surface area (Å²) in [6, 6.07) is 13.3. The molecule has 1 atom stereocenters. The van der Waals surface area contributed by atoms with E-state index in [2.05, 4.69) is 0 Å². The molecule has 4 heteroatoms. The minimum atomic E-state index is -0.956. The Hall–Kier alpha value is -2.00. The van der Waals surface area contributed by atoms with Crippen molar-refractivity contribution < 1.29 is 15.0 Å². The van der Waals surface area contributed by atoms with Crippen LogP contribution in [0.1, 0.15) is 17.0 Å². The highest BCUT2D eigenvalue weighted by Crippen LogP contribution is 2.31. The van der Waals surface area contributed by atoms with Crippen LogP contribution in [0.2, 0.25) is 5.02 Å². The number of carbonyl (C=O) groups is 1. The Morgan fingerprint density at radius 2 is 1.72 bits per heavy atom. The van der Waals surface area contributed by atoms with Crippen molar-refractivity contribution in [3.63, 3.8) is 0 Å². The minimum absolute atomic E-state index is 0.0578. The third kappa shape index (κ3) is 2.46. The van der Waals surface area contributed by atoms with Gasteiger partial charge in [0, 0.05) is 0 Å². The van der Waals surface area contributed by atoms with Crippen LogP contribution < -0.4 is 0 Å². The predicted octanol–water partition coefficient (Wildman–Crippen LogP) is 3.26. The summed E-state index contributed by atoms with van der Waals surface area (Å²) in [5.41, 5.74) is 1.21. The maximum Gasteiger partial charge on any atom is 0.315 e. The largest absolute Gasteiger partial charge is 0.506 e. The van der Waals surface area contributed by atoms with Crippen molar-refractivity contribution in [2.24, 2.45) is 0 Å². The zero-order valence-corrected chi connectivity index (χ0v) is 10.1. The molecule has 3 nitrogen and oxygen atoms in total. The first-order chi connectivity index (χ1) is 8.59. The van der Waals surface area contributed by atoms with Crippen LogP contribution in [0.5, 0.6) is 5.75 Å². The number of carboxylic acid groups (broad SMARTS) is 1. The lowest BCUT2D eigenvalue weighted by Gasteiger charge is -2.13. The van der Waals surface area contributed by atoms with E-state index in [0.29, 0.717) is 11.1 Å². The molecule has 0 saturated heterocycles. The van der Waals surface area contributed by atoms with E-state index in [1.165, 1.54) is 12.1 Å². The first kappa shape index (κ1) is 12.5. The van der Waals surface area contributed by atoms with Gasteiger partial charge in [0.05, 0.1) is 5.02 Å². The SMILES string of the molecule is O=C(O)C(c1ccccc1)c1ccc(O)c(Cl)c1. The van der Waals surface area contributed by atoms with Crippen LogP contribution in [0, 0.1) is 0 Å². The molecule has 0 radical (unpaired) electrons. The van der Waals surface area contributed by atoms with Crippen LogP contribution in [-0.2, 0) is 4.79 Å². The minimum Gasteiger partial charge on any atom is -0.506 e. The lowest BCUT2D eigenvalue weighted by molar-refractivity contribution is -0.137. The van der Waals surface area contributed by atoms with Crippen LogP contribution in [0.25, 0.3) is 0 Å². The fourth-order valence-corrected chi connectivity index (χ4v) is 2.01. The first-order valence-corrected chi connectivity index (χ1v) is 5.73. The molecule has 0 aliphatic carbocycles. The summed E-state index contributed by atoms with van der Waals surface area (Å²) in [6.45, 7) is 0. The van der Waals surface area contributed by atoms with E-state index in [4.69, 9.17) is 11.6 Å². The second-order valence-electron chi connectivity index (χ2n) is 3.89. The lowest BCUT2D eigenvalue weighted by atomic mass is 9.91. The third-order valence-electron chi connectivity index (χ3n) is 2.68. The van der Waals surface area contributed by atoms with Gasteiger partial charge >= 0.3 is 5.97 Å². The monoisotopic (exact) mass is 262 g/mol. The summed E-state index contributed by atoms with van der Waals surface area (Å²) >= 11 is 5.81. The molecule has 0 bridgehead atoms. The highest BCUT2D eigenvalue weighted by atomic mass is 35.5. The quantitative estimate of drug-likeness (QED) is 0.893. The second kappa shape index (κ2) is 5.10. The maximum atomic E-state index is 11.4. The van der Waals surface area contributed by atoms with Gasteiger partial charge in [0.15, 0.2) is 0 Å². The number of hydrogen-bond acceptors (Lipinski definition) is 2. The molecule has 2 N–H and O–H groups in total. The van der Waals surface area contributed by atoms with E-state index in [1.807, 2.05) is 6.07 Å². The molecular formula is C14H11ClO3. The first-order valence-electron chi connectivity index (χ1n) is 5.36. The normalized spacial score (nSPS) is 12.1. The number of halogens is 1. The number of phenolic OH excluding ortho intramolecular Hbond substituents is 1. The number of phenols is 1. The van der Waals surface area contributed by atoms with E-state index >= 15 is 0 Å². The van der Waals surface area contributed by atoms with E-state index in [-0.39, 0.29) is 10.8 Å². The van der Waals surface area contributed by atoms with Crippen molar-refractivity contribution in [3.05, 3.63) is 64.7 Å². The Bertz CT molecular complexity index is 567. The van der Waals surface area contributed by atoms with E-state index in [9.17, 15) is 15.0 Å².